The van der Waals surface area contributed by atoms with Gasteiger partial charge in [0.15, 0.2) is 0 Å². The average Bonchev–Trinajstić information content (AvgIpc) is 2.69. The Bertz CT molecular complexity index is 426. The predicted molar refractivity (Wildman–Crippen MR) is 72.4 cm³/mol. The molecule has 0 fully saturated rings. The van der Waals surface area contributed by atoms with Crippen LogP contribution in [0.25, 0.3) is 0 Å². The minimum atomic E-state index is -2.81. The molecule has 0 bridgehead atoms. The van der Waals surface area contributed by atoms with Crippen molar-refractivity contribution in [3.05, 3.63) is 16.1 Å². The summed E-state index contributed by atoms with van der Waals surface area (Å²) in [5, 5.41) is 6.40. The third-order valence-electron chi connectivity index (χ3n) is 2.47. The maximum Gasteiger partial charge on any atom is 0.150 e. The molecule has 0 radical (unpaired) electrons. The summed E-state index contributed by atoms with van der Waals surface area (Å²) in [4.78, 5) is 4.36. The minimum Gasteiger partial charge on any atom is -0.316 e. The zero-order valence-electron chi connectivity index (χ0n) is 10.4. The summed E-state index contributed by atoms with van der Waals surface area (Å²) < 4.78 is 22.4. The summed E-state index contributed by atoms with van der Waals surface area (Å²) in [6.45, 7) is 5.29. The highest BCUT2D eigenvalue weighted by Gasteiger charge is 2.05. The van der Waals surface area contributed by atoms with Gasteiger partial charge >= 0.3 is 0 Å². The largest absolute Gasteiger partial charge is 0.316 e. The highest BCUT2D eigenvalue weighted by Crippen LogP contribution is 2.07. The number of aryl methyl sites for hydroxylation is 1. The Balaban J connectivity index is 2.05. The van der Waals surface area contributed by atoms with Crippen LogP contribution in [-0.2, 0) is 16.3 Å². The molecule has 0 saturated carbocycles. The fourth-order valence-corrected chi connectivity index (χ4v) is 2.95. The zero-order valence-corrected chi connectivity index (χ0v) is 12.0. The van der Waals surface area contributed by atoms with Crippen molar-refractivity contribution in [1.82, 2.24) is 10.3 Å². The maximum absolute atomic E-state index is 11.2. The smallest absolute Gasteiger partial charge is 0.150 e. The van der Waals surface area contributed by atoms with E-state index in [1.807, 2.05) is 6.92 Å². The van der Waals surface area contributed by atoms with Crippen LogP contribution >= 0.6 is 11.3 Å². The lowest BCUT2D eigenvalue weighted by atomic mass is 10.3. The number of rotatable bonds is 8. The van der Waals surface area contributed by atoms with Crippen LogP contribution in [0.15, 0.2) is 5.38 Å². The van der Waals surface area contributed by atoms with Crippen molar-refractivity contribution in [1.29, 1.82) is 0 Å². The van der Waals surface area contributed by atoms with E-state index in [0.29, 0.717) is 6.42 Å². The van der Waals surface area contributed by atoms with Crippen molar-refractivity contribution in [2.45, 2.75) is 26.7 Å². The van der Waals surface area contributed by atoms with Gasteiger partial charge in [0.05, 0.1) is 16.5 Å². The second-order valence-corrected chi connectivity index (χ2v) is 7.48. The zero-order chi connectivity index (χ0) is 12.7. The molecule has 0 atom stereocenters. The van der Waals surface area contributed by atoms with E-state index >= 15 is 0 Å². The first kappa shape index (κ1) is 14.6. The van der Waals surface area contributed by atoms with Gasteiger partial charge < -0.3 is 5.32 Å². The normalized spacial score (nSPS) is 11.9. The van der Waals surface area contributed by atoms with Crippen LogP contribution in [0.2, 0.25) is 0 Å². The molecule has 4 nitrogen and oxygen atoms in total. The van der Waals surface area contributed by atoms with Crippen molar-refractivity contribution < 1.29 is 8.42 Å². The molecule has 1 aromatic rings. The van der Waals surface area contributed by atoms with Crippen LogP contribution < -0.4 is 5.32 Å². The van der Waals surface area contributed by atoms with Gasteiger partial charge in [0, 0.05) is 24.1 Å². The Hall–Kier alpha value is -0.460. The van der Waals surface area contributed by atoms with Gasteiger partial charge in [-0.25, -0.2) is 13.4 Å². The van der Waals surface area contributed by atoms with E-state index in [-0.39, 0.29) is 11.5 Å². The third-order valence-corrected chi connectivity index (χ3v) is 5.09. The van der Waals surface area contributed by atoms with Gasteiger partial charge in [-0.1, -0.05) is 6.92 Å². The number of hydrogen-bond acceptors (Lipinski definition) is 5. The van der Waals surface area contributed by atoms with E-state index in [2.05, 4.69) is 15.7 Å². The summed E-state index contributed by atoms with van der Waals surface area (Å²) in [5.74, 6) is 0.525. The molecule has 0 aromatic carbocycles. The third kappa shape index (κ3) is 6.14. The summed E-state index contributed by atoms with van der Waals surface area (Å²) in [6.07, 6.45) is 1.59. The first-order chi connectivity index (χ1) is 8.03. The molecule has 1 rings (SSSR count). The molecular formula is C11H20N2O2S2. The number of nitrogens with zero attached hydrogens (tertiary/aromatic N) is 1. The van der Waals surface area contributed by atoms with E-state index in [0.717, 1.165) is 30.2 Å². The van der Waals surface area contributed by atoms with E-state index in [1.165, 1.54) is 0 Å². The summed E-state index contributed by atoms with van der Waals surface area (Å²) in [6, 6.07) is 0. The van der Waals surface area contributed by atoms with Crippen LogP contribution in [0.4, 0.5) is 0 Å². The second kappa shape index (κ2) is 7.08. The fourth-order valence-electron chi connectivity index (χ4n) is 1.43. The SMILES string of the molecule is CCS(=O)(=O)CCCNCCc1csc(C)n1. The Morgan fingerprint density at radius 1 is 1.41 bits per heavy atom. The molecular weight excluding hydrogens is 256 g/mol. The Morgan fingerprint density at radius 3 is 2.76 bits per heavy atom. The van der Waals surface area contributed by atoms with Gasteiger partial charge in [0.2, 0.25) is 0 Å². The van der Waals surface area contributed by atoms with Crippen LogP contribution in [0.3, 0.4) is 0 Å². The van der Waals surface area contributed by atoms with Crippen molar-refractivity contribution in [2.75, 3.05) is 24.6 Å². The molecule has 1 N–H and O–H groups in total. The molecule has 0 spiro atoms. The number of thiazole rings is 1. The molecule has 98 valence electrons. The molecule has 0 aliphatic heterocycles. The lowest BCUT2D eigenvalue weighted by Gasteiger charge is -2.03. The fraction of sp³-hybridized carbons (Fsp3) is 0.727. The van der Waals surface area contributed by atoms with Gasteiger partial charge in [-0.2, -0.15) is 0 Å². The number of sulfone groups is 1. The molecule has 0 saturated heterocycles. The van der Waals surface area contributed by atoms with Crippen molar-refractivity contribution in [3.8, 4) is 0 Å². The highest BCUT2D eigenvalue weighted by molar-refractivity contribution is 7.91. The molecule has 0 unspecified atom stereocenters. The Kier molecular flexibility index (Phi) is 6.08. The van der Waals surface area contributed by atoms with Gasteiger partial charge in [-0.05, 0) is 19.9 Å². The van der Waals surface area contributed by atoms with Crippen LogP contribution in [0.1, 0.15) is 24.0 Å². The van der Waals surface area contributed by atoms with E-state index in [9.17, 15) is 8.42 Å². The van der Waals surface area contributed by atoms with Crippen molar-refractivity contribution in [2.24, 2.45) is 0 Å². The summed E-state index contributed by atoms with van der Waals surface area (Å²) in [7, 11) is -2.81. The lowest BCUT2D eigenvalue weighted by molar-refractivity contribution is 0.589. The first-order valence-electron chi connectivity index (χ1n) is 5.85. The van der Waals surface area contributed by atoms with Crippen LogP contribution in [-0.4, -0.2) is 38.0 Å². The lowest BCUT2D eigenvalue weighted by Crippen LogP contribution is -2.21. The Morgan fingerprint density at radius 2 is 2.18 bits per heavy atom. The number of aromatic nitrogens is 1. The molecule has 1 heterocycles. The molecule has 0 amide bonds. The molecule has 6 heteroatoms. The van der Waals surface area contributed by atoms with Gasteiger partial charge in [-0.15, -0.1) is 11.3 Å². The van der Waals surface area contributed by atoms with Crippen molar-refractivity contribution >= 4 is 21.2 Å². The monoisotopic (exact) mass is 276 g/mol. The first-order valence-corrected chi connectivity index (χ1v) is 8.56. The summed E-state index contributed by atoms with van der Waals surface area (Å²) in [5.41, 5.74) is 1.11. The topological polar surface area (TPSA) is 59.1 Å². The Labute approximate surface area is 107 Å². The maximum atomic E-state index is 11.2. The van der Waals surface area contributed by atoms with Gasteiger partial charge in [0.1, 0.15) is 9.84 Å². The molecule has 0 aliphatic carbocycles. The number of nitrogens with one attached hydrogen (secondary N) is 1. The predicted octanol–water partition coefficient (Wildman–Crippen LogP) is 1.41. The number of hydrogen-bond donors (Lipinski definition) is 1. The van der Waals surface area contributed by atoms with Gasteiger partial charge in [0.25, 0.3) is 0 Å². The van der Waals surface area contributed by atoms with E-state index in [1.54, 1.807) is 18.3 Å². The highest BCUT2D eigenvalue weighted by atomic mass is 32.2. The second-order valence-electron chi connectivity index (χ2n) is 3.95. The summed E-state index contributed by atoms with van der Waals surface area (Å²) >= 11 is 1.66. The van der Waals surface area contributed by atoms with Crippen molar-refractivity contribution in [3.63, 3.8) is 0 Å². The van der Waals surface area contributed by atoms with Gasteiger partial charge in [-0.3, -0.25) is 0 Å². The molecule has 17 heavy (non-hydrogen) atoms. The molecule has 0 aliphatic rings. The van der Waals surface area contributed by atoms with Crippen LogP contribution in [0, 0.1) is 6.92 Å². The van der Waals surface area contributed by atoms with E-state index < -0.39 is 9.84 Å². The van der Waals surface area contributed by atoms with E-state index in [4.69, 9.17) is 0 Å². The quantitative estimate of drug-likeness (QED) is 0.729. The standard InChI is InChI=1S/C11H20N2O2S2/c1-3-17(14,15)8-4-6-12-7-5-11-9-16-10(2)13-11/h9,12H,3-8H2,1-2H3. The van der Waals surface area contributed by atoms with Crippen LogP contribution in [0.5, 0.6) is 0 Å². The molecule has 1 aromatic heterocycles. The average molecular weight is 276 g/mol. The minimum absolute atomic E-state index is 0.241.